The van der Waals surface area contributed by atoms with E-state index in [2.05, 4.69) is 9.78 Å². The van der Waals surface area contributed by atoms with Gasteiger partial charge in [0.2, 0.25) is 5.75 Å². The van der Waals surface area contributed by atoms with Crippen molar-refractivity contribution in [2.75, 3.05) is 5.73 Å². The van der Waals surface area contributed by atoms with Crippen LogP contribution in [-0.2, 0) is 9.68 Å². The Hall–Kier alpha value is -1.78. The molecule has 16 heavy (non-hydrogen) atoms. The molecule has 0 atom stereocenters. The van der Waals surface area contributed by atoms with Crippen molar-refractivity contribution >= 4 is 11.7 Å². The fourth-order valence-electron chi connectivity index (χ4n) is 1.38. The molecule has 0 spiro atoms. The van der Waals surface area contributed by atoms with E-state index in [1.165, 1.54) is 12.1 Å². The van der Waals surface area contributed by atoms with Gasteiger partial charge < -0.3 is 5.73 Å². The van der Waals surface area contributed by atoms with Crippen LogP contribution in [0.5, 0.6) is 5.75 Å². The van der Waals surface area contributed by atoms with Gasteiger partial charge in [-0.05, 0) is 25.0 Å². The molecule has 1 aliphatic rings. The molecule has 0 unspecified atom stereocenters. The van der Waals surface area contributed by atoms with Crippen LogP contribution in [0.1, 0.15) is 19.3 Å². The van der Waals surface area contributed by atoms with Crippen molar-refractivity contribution in [2.45, 2.75) is 19.3 Å². The molecule has 0 aliphatic heterocycles. The van der Waals surface area contributed by atoms with Gasteiger partial charge >= 0.3 is 5.97 Å². The maximum absolute atomic E-state index is 13.2. The number of carbonyl (C=O) groups is 1. The Morgan fingerprint density at radius 2 is 2.19 bits per heavy atom. The van der Waals surface area contributed by atoms with Crippen molar-refractivity contribution in [3.63, 3.8) is 0 Å². The van der Waals surface area contributed by atoms with Gasteiger partial charge in [-0.2, -0.15) is 0 Å². The first-order valence-corrected chi connectivity index (χ1v) is 5.10. The van der Waals surface area contributed by atoms with Crippen LogP contribution < -0.4 is 10.6 Å². The summed E-state index contributed by atoms with van der Waals surface area (Å²) < 4.78 is 13.2. The smallest absolute Gasteiger partial charge is 0.358 e. The lowest BCUT2D eigenvalue weighted by atomic mass is 9.86. The number of hydrogen-bond donors (Lipinski definition) is 1. The Kier molecular flexibility index (Phi) is 2.94. The molecule has 0 aromatic heterocycles. The minimum Gasteiger partial charge on any atom is -0.399 e. The third-order valence-corrected chi connectivity index (χ3v) is 2.61. The summed E-state index contributed by atoms with van der Waals surface area (Å²) in [5, 5.41) is 0. The van der Waals surface area contributed by atoms with E-state index in [-0.39, 0.29) is 17.4 Å². The van der Waals surface area contributed by atoms with Crippen LogP contribution in [-0.4, -0.2) is 5.97 Å². The summed E-state index contributed by atoms with van der Waals surface area (Å²) in [5.74, 6) is -1.33. The topological polar surface area (TPSA) is 61.6 Å². The highest BCUT2D eigenvalue weighted by atomic mass is 19.1. The second kappa shape index (κ2) is 4.38. The maximum Gasteiger partial charge on any atom is 0.358 e. The third-order valence-electron chi connectivity index (χ3n) is 2.61. The fourth-order valence-corrected chi connectivity index (χ4v) is 1.38. The monoisotopic (exact) mass is 225 g/mol. The molecule has 0 saturated heterocycles. The molecule has 1 saturated carbocycles. The van der Waals surface area contributed by atoms with E-state index in [1.54, 1.807) is 0 Å². The standard InChI is InChI=1S/C11H12FNO3/c12-9-6-8(13)4-5-10(9)15-16-11(14)7-2-1-3-7/h4-7H,1-3,13H2. The normalized spacial score (nSPS) is 15.3. The number of anilines is 1. The summed E-state index contributed by atoms with van der Waals surface area (Å²) in [6.07, 6.45) is 2.65. The van der Waals surface area contributed by atoms with Gasteiger partial charge in [0.15, 0.2) is 5.82 Å². The molecule has 1 aliphatic carbocycles. The molecule has 86 valence electrons. The summed E-state index contributed by atoms with van der Waals surface area (Å²) in [7, 11) is 0. The molecule has 0 bridgehead atoms. The number of nitrogen functional groups attached to an aromatic ring is 1. The average Bonchev–Trinajstić information content (AvgIpc) is 2.13. The van der Waals surface area contributed by atoms with Gasteiger partial charge in [-0.1, -0.05) is 6.42 Å². The lowest BCUT2D eigenvalue weighted by Gasteiger charge is -2.21. The van der Waals surface area contributed by atoms with Gasteiger partial charge in [-0.25, -0.2) is 9.18 Å². The molecule has 2 rings (SSSR count). The Bertz CT molecular complexity index is 404. The van der Waals surface area contributed by atoms with E-state index in [4.69, 9.17) is 5.73 Å². The van der Waals surface area contributed by atoms with Gasteiger partial charge in [0.1, 0.15) is 0 Å². The van der Waals surface area contributed by atoms with Gasteiger partial charge in [0, 0.05) is 11.8 Å². The fraction of sp³-hybridized carbons (Fsp3) is 0.364. The van der Waals surface area contributed by atoms with E-state index in [0.29, 0.717) is 0 Å². The van der Waals surface area contributed by atoms with Crippen LogP contribution in [0.3, 0.4) is 0 Å². The maximum atomic E-state index is 13.2. The predicted molar refractivity (Wildman–Crippen MR) is 54.9 cm³/mol. The molecule has 1 aromatic carbocycles. The molecular formula is C11H12FNO3. The first kappa shape index (κ1) is 10.7. The number of halogens is 1. The van der Waals surface area contributed by atoms with Crippen molar-refractivity contribution < 1.29 is 19.0 Å². The molecule has 0 heterocycles. The van der Waals surface area contributed by atoms with E-state index in [9.17, 15) is 9.18 Å². The highest BCUT2D eigenvalue weighted by Gasteiger charge is 2.28. The molecule has 0 radical (unpaired) electrons. The van der Waals surface area contributed by atoms with E-state index in [0.717, 1.165) is 25.3 Å². The first-order valence-electron chi connectivity index (χ1n) is 5.10. The highest BCUT2D eigenvalue weighted by molar-refractivity contribution is 5.72. The lowest BCUT2D eigenvalue weighted by molar-refractivity contribution is -0.222. The number of benzene rings is 1. The predicted octanol–water partition coefficient (Wildman–Crippen LogP) is 2.04. The molecule has 4 nitrogen and oxygen atoms in total. The zero-order chi connectivity index (χ0) is 11.5. The van der Waals surface area contributed by atoms with Crippen LogP contribution in [0.25, 0.3) is 0 Å². The van der Waals surface area contributed by atoms with Gasteiger partial charge in [-0.3, -0.25) is 9.78 Å². The van der Waals surface area contributed by atoms with Crippen LogP contribution in [0, 0.1) is 11.7 Å². The summed E-state index contributed by atoms with van der Waals surface area (Å²) >= 11 is 0. The Balaban J connectivity index is 1.91. The zero-order valence-electron chi connectivity index (χ0n) is 8.61. The van der Waals surface area contributed by atoms with Crippen molar-refractivity contribution in [1.82, 2.24) is 0 Å². The summed E-state index contributed by atoms with van der Waals surface area (Å²) in [6.45, 7) is 0. The summed E-state index contributed by atoms with van der Waals surface area (Å²) in [5.41, 5.74) is 5.65. The molecular weight excluding hydrogens is 213 g/mol. The Morgan fingerprint density at radius 1 is 1.44 bits per heavy atom. The second-order valence-corrected chi connectivity index (χ2v) is 3.80. The number of carbonyl (C=O) groups excluding carboxylic acids is 1. The van der Waals surface area contributed by atoms with Crippen molar-refractivity contribution in [1.29, 1.82) is 0 Å². The van der Waals surface area contributed by atoms with Gasteiger partial charge in [-0.15, -0.1) is 0 Å². The summed E-state index contributed by atoms with van der Waals surface area (Å²) in [4.78, 5) is 20.4. The van der Waals surface area contributed by atoms with Gasteiger partial charge in [0.05, 0.1) is 5.92 Å². The van der Waals surface area contributed by atoms with Crippen molar-refractivity contribution in [2.24, 2.45) is 5.92 Å². The average molecular weight is 225 g/mol. The second-order valence-electron chi connectivity index (χ2n) is 3.80. The number of hydrogen-bond acceptors (Lipinski definition) is 4. The lowest BCUT2D eigenvalue weighted by Crippen LogP contribution is -2.25. The molecule has 5 heteroatoms. The summed E-state index contributed by atoms with van der Waals surface area (Å²) in [6, 6.07) is 3.89. The minimum absolute atomic E-state index is 0.100. The van der Waals surface area contributed by atoms with Crippen molar-refractivity contribution in [3.05, 3.63) is 24.0 Å². The van der Waals surface area contributed by atoms with Crippen molar-refractivity contribution in [3.8, 4) is 5.75 Å². The Labute approximate surface area is 92.1 Å². The largest absolute Gasteiger partial charge is 0.399 e. The quantitative estimate of drug-likeness (QED) is 0.486. The zero-order valence-corrected chi connectivity index (χ0v) is 8.61. The van der Waals surface area contributed by atoms with Crippen LogP contribution in [0.15, 0.2) is 18.2 Å². The Morgan fingerprint density at radius 3 is 2.75 bits per heavy atom. The van der Waals surface area contributed by atoms with E-state index >= 15 is 0 Å². The highest BCUT2D eigenvalue weighted by Crippen LogP contribution is 2.28. The van der Waals surface area contributed by atoms with E-state index in [1.807, 2.05) is 0 Å². The minimum atomic E-state index is -0.651. The molecule has 1 aromatic rings. The molecule has 2 N–H and O–H groups in total. The molecule has 0 amide bonds. The third kappa shape index (κ3) is 2.24. The van der Waals surface area contributed by atoms with Crippen LogP contribution in [0.2, 0.25) is 0 Å². The van der Waals surface area contributed by atoms with Crippen LogP contribution in [0.4, 0.5) is 10.1 Å². The SMILES string of the molecule is Nc1ccc(OOC(=O)C2CCC2)c(F)c1. The number of nitrogens with two attached hydrogens (primary N) is 1. The van der Waals surface area contributed by atoms with Gasteiger partial charge in [0.25, 0.3) is 0 Å². The van der Waals surface area contributed by atoms with E-state index < -0.39 is 11.8 Å². The molecule has 1 fully saturated rings. The number of rotatable bonds is 3. The first-order chi connectivity index (χ1) is 7.66. The van der Waals surface area contributed by atoms with Crippen LogP contribution >= 0.6 is 0 Å².